The zero-order valence-electron chi connectivity index (χ0n) is 17.8. The minimum atomic E-state index is -0.184. The van der Waals surface area contributed by atoms with Crippen molar-refractivity contribution in [1.82, 2.24) is 5.43 Å². The predicted octanol–water partition coefficient (Wildman–Crippen LogP) is 6.13. The Morgan fingerprint density at radius 1 is 0.900 bits per heavy atom. The lowest BCUT2D eigenvalue weighted by Crippen LogP contribution is -2.19. The Labute approximate surface area is 183 Å². The summed E-state index contributed by atoms with van der Waals surface area (Å²) < 4.78 is 0.102. The van der Waals surface area contributed by atoms with E-state index in [1.807, 2.05) is 60.7 Å². The summed E-state index contributed by atoms with van der Waals surface area (Å²) in [5.41, 5.74) is 6.65. The third kappa shape index (κ3) is 6.60. The Bertz CT molecular complexity index is 1010. The number of hydrogen-bond acceptors (Lipinski definition) is 3. The van der Waals surface area contributed by atoms with Crippen molar-refractivity contribution >= 4 is 23.9 Å². The third-order valence-electron chi connectivity index (χ3n) is 4.49. The van der Waals surface area contributed by atoms with Crippen molar-refractivity contribution in [3.8, 4) is 0 Å². The first-order chi connectivity index (χ1) is 14.4. The number of rotatable bonds is 7. The number of carbonyl (C=O) groups excluding carboxylic acids is 1. The summed E-state index contributed by atoms with van der Waals surface area (Å²) in [7, 11) is 0. The average molecular weight is 417 g/mol. The fraction of sp³-hybridized carbons (Fsp3) is 0.231. The molecule has 1 amide bonds. The van der Waals surface area contributed by atoms with Gasteiger partial charge in [0.2, 0.25) is 0 Å². The van der Waals surface area contributed by atoms with E-state index >= 15 is 0 Å². The van der Waals surface area contributed by atoms with Crippen LogP contribution >= 0.6 is 11.8 Å². The molecular weight excluding hydrogens is 388 g/mol. The highest BCUT2D eigenvalue weighted by molar-refractivity contribution is 8.00. The molecule has 0 atom stereocenters. The van der Waals surface area contributed by atoms with Crippen LogP contribution in [0.1, 0.15) is 47.8 Å². The fourth-order valence-electron chi connectivity index (χ4n) is 3.11. The van der Waals surface area contributed by atoms with E-state index in [1.54, 1.807) is 18.0 Å². The SMILES string of the molecule is CC(C)(C)Sc1ccccc1/C=N/NC(=O)c1ccccc1CCc1ccccc1. The first kappa shape index (κ1) is 21.8. The van der Waals surface area contributed by atoms with Gasteiger partial charge in [-0.1, -0.05) is 87.5 Å². The number of hydrazone groups is 1. The van der Waals surface area contributed by atoms with Gasteiger partial charge in [0, 0.05) is 20.8 Å². The predicted molar refractivity (Wildman–Crippen MR) is 127 cm³/mol. The molecule has 3 aromatic carbocycles. The maximum atomic E-state index is 12.8. The number of thioether (sulfide) groups is 1. The number of aryl methyl sites for hydroxylation is 2. The number of benzene rings is 3. The van der Waals surface area contributed by atoms with E-state index in [1.165, 1.54) is 5.56 Å². The van der Waals surface area contributed by atoms with Crippen molar-refractivity contribution in [3.63, 3.8) is 0 Å². The molecule has 154 valence electrons. The van der Waals surface area contributed by atoms with Crippen molar-refractivity contribution in [1.29, 1.82) is 0 Å². The number of nitrogens with one attached hydrogen (secondary N) is 1. The summed E-state index contributed by atoms with van der Waals surface area (Å²) in [5.74, 6) is -0.184. The van der Waals surface area contributed by atoms with Gasteiger partial charge < -0.3 is 0 Å². The van der Waals surface area contributed by atoms with E-state index in [0.717, 1.165) is 28.9 Å². The van der Waals surface area contributed by atoms with Gasteiger partial charge in [-0.15, -0.1) is 11.8 Å². The van der Waals surface area contributed by atoms with Crippen LogP contribution in [-0.2, 0) is 12.8 Å². The number of carbonyl (C=O) groups is 1. The lowest BCUT2D eigenvalue weighted by Gasteiger charge is -2.18. The van der Waals surface area contributed by atoms with Gasteiger partial charge in [-0.25, -0.2) is 5.43 Å². The molecule has 3 nitrogen and oxygen atoms in total. The Hall–Kier alpha value is -2.85. The van der Waals surface area contributed by atoms with E-state index in [-0.39, 0.29) is 10.7 Å². The van der Waals surface area contributed by atoms with E-state index < -0.39 is 0 Å². The quantitative estimate of drug-likeness (QED) is 0.286. The summed E-state index contributed by atoms with van der Waals surface area (Å²) in [4.78, 5) is 13.9. The molecule has 0 fully saturated rings. The van der Waals surface area contributed by atoms with Gasteiger partial charge in [-0.2, -0.15) is 5.10 Å². The standard InChI is InChI=1S/C26H28N2OS/c1-26(2,3)30-24-16-10-8-14-22(24)19-27-28-25(29)23-15-9-7-13-21(23)18-17-20-11-5-4-6-12-20/h4-16,19H,17-18H2,1-3H3,(H,28,29)/b27-19+. The first-order valence-electron chi connectivity index (χ1n) is 10.2. The Kier molecular flexibility index (Phi) is 7.47. The van der Waals surface area contributed by atoms with Gasteiger partial charge in [0.05, 0.1) is 6.21 Å². The fourth-order valence-corrected chi connectivity index (χ4v) is 4.16. The monoisotopic (exact) mass is 416 g/mol. The Morgan fingerprint density at radius 3 is 2.33 bits per heavy atom. The maximum absolute atomic E-state index is 12.8. The molecule has 3 rings (SSSR count). The lowest BCUT2D eigenvalue weighted by molar-refractivity contribution is 0.0954. The molecule has 3 aromatic rings. The van der Waals surface area contributed by atoms with Crippen LogP contribution < -0.4 is 5.43 Å². The maximum Gasteiger partial charge on any atom is 0.271 e. The number of nitrogens with zero attached hydrogens (tertiary/aromatic N) is 1. The summed E-state index contributed by atoms with van der Waals surface area (Å²) >= 11 is 1.79. The van der Waals surface area contributed by atoms with Crippen molar-refractivity contribution < 1.29 is 4.79 Å². The third-order valence-corrected chi connectivity index (χ3v) is 5.70. The summed E-state index contributed by atoms with van der Waals surface area (Å²) in [6.07, 6.45) is 3.42. The van der Waals surface area contributed by atoms with Crippen LogP contribution in [0.4, 0.5) is 0 Å². The summed E-state index contributed by atoms with van der Waals surface area (Å²) in [5, 5.41) is 4.23. The molecule has 0 heterocycles. The highest BCUT2D eigenvalue weighted by atomic mass is 32.2. The molecule has 0 aliphatic carbocycles. The molecule has 30 heavy (non-hydrogen) atoms. The lowest BCUT2D eigenvalue weighted by atomic mass is 9.99. The highest BCUT2D eigenvalue weighted by Crippen LogP contribution is 2.33. The van der Waals surface area contributed by atoms with Crippen molar-refractivity contribution in [2.75, 3.05) is 0 Å². The van der Waals surface area contributed by atoms with Gasteiger partial charge >= 0.3 is 0 Å². The van der Waals surface area contributed by atoms with Gasteiger partial charge in [0.15, 0.2) is 0 Å². The molecule has 0 spiro atoms. The van der Waals surface area contributed by atoms with Crippen molar-refractivity contribution in [3.05, 3.63) is 101 Å². The minimum Gasteiger partial charge on any atom is -0.267 e. The molecule has 0 saturated carbocycles. The van der Waals surface area contributed by atoms with Gasteiger partial charge in [0.25, 0.3) is 5.91 Å². The zero-order chi connectivity index (χ0) is 21.4. The average Bonchev–Trinajstić information content (AvgIpc) is 2.73. The molecule has 0 radical (unpaired) electrons. The molecule has 0 saturated heterocycles. The van der Waals surface area contributed by atoms with E-state index in [0.29, 0.717) is 5.56 Å². The van der Waals surface area contributed by atoms with Gasteiger partial charge in [0.1, 0.15) is 0 Å². The summed E-state index contributed by atoms with van der Waals surface area (Å²) in [6, 6.07) is 26.1. The van der Waals surface area contributed by atoms with Crippen LogP contribution in [-0.4, -0.2) is 16.9 Å². The highest BCUT2D eigenvalue weighted by Gasteiger charge is 2.14. The van der Waals surface area contributed by atoms with E-state index in [2.05, 4.69) is 49.5 Å². The Balaban J connectivity index is 1.67. The molecular formula is C26H28N2OS. The van der Waals surface area contributed by atoms with Crippen LogP contribution in [0.15, 0.2) is 88.9 Å². The number of hydrogen-bond donors (Lipinski definition) is 1. The molecule has 0 aliphatic rings. The number of amides is 1. The second-order valence-electron chi connectivity index (χ2n) is 8.09. The zero-order valence-corrected chi connectivity index (χ0v) is 18.6. The molecule has 0 bridgehead atoms. The van der Waals surface area contributed by atoms with Gasteiger partial charge in [-0.05, 0) is 36.1 Å². The van der Waals surface area contributed by atoms with Crippen LogP contribution in [0.2, 0.25) is 0 Å². The van der Waals surface area contributed by atoms with Crippen LogP contribution in [0, 0.1) is 0 Å². The second kappa shape index (κ2) is 10.3. The molecule has 0 aromatic heterocycles. The largest absolute Gasteiger partial charge is 0.271 e. The second-order valence-corrected chi connectivity index (χ2v) is 9.96. The molecule has 0 unspecified atom stereocenters. The summed E-state index contributed by atoms with van der Waals surface area (Å²) in [6.45, 7) is 6.54. The Morgan fingerprint density at radius 2 is 1.57 bits per heavy atom. The smallest absolute Gasteiger partial charge is 0.267 e. The van der Waals surface area contributed by atoms with Crippen molar-refractivity contribution in [2.24, 2.45) is 5.10 Å². The van der Waals surface area contributed by atoms with Crippen molar-refractivity contribution in [2.45, 2.75) is 43.3 Å². The topological polar surface area (TPSA) is 41.5 Å². The molecule has 0 aliphatic heterocycles. The van der Waals surface area contributed by atoms with Crippen LogP contribution in [0.3, 0.4) is 0 Å². The van der Waals surface area contributed by atoms with E-state index in [4.69, 9.17) is 0 Å². The first-order valence-corrected chi connectivity index (χ1v) is 11.0. The molecule has 4 heteroatoms. The minimum absolute atomic E-state index is 0.102. The van der Waals surface area contributed by atoms with E-state index in [9.17, 15) is 4.79 Å². The molecule has 1 N–H and O–H groups in total. The van der Waals surface area contributed by atoms with Gasteiger partial charge in [-0.3, -0.25) is 4.79 Å². The van der Waals surface area contributed by atoms with Crippen LogP contribution in [0.25, 0.3) is 0 Å². The normalized spacial score (nSPS) is 11.6. The van der Waals surface area contributed by atoms with Crippen LogP contribution in [0.5, 0.6) is 0 Å².